The van der Waals surface area contributed by atoms with Crippen molar-refractivity contribution in [1.82, 2.24) is 9.55 Å². The maximum atomic E-state index is 13.1. The average Bonchev–Trinajstić information content (AvgIpc) is 3.61. The van der Waals surface area contributed by atoms with Gasteiger partial charge in [-0.3, -0.25) is 9.59 Å². The zero-order valence-electron chi connectivity index (χ0n) is 18.7. The van der Waals surface area contributed by atoms with Gasteiger partial charge in [-0.1, -0.05) is 42.5 Å². The molecular formula is C28H22N4O3. The predicted molar refractivity (Wildman–Crippen MR) is 134 cm³/mol. The van der Waals surface area contributed by atoms with E-state index >= 15 is 0 Å². The molecule has 2 aromatic heterocycles. The van der Waals surface area contributed by atoms with E-state index in [-0.39, 0.29) is 17.6 Å². The van der Waals surface area contributed by atoms with Gasteiger partial charge in [-0.2, -0.15) is 0 Å². The minimum Gasteiger partial charge on any atom is -0.459 e. The topological polar surface area (TPSA) is 89.2 Å². The quantitative estimate of drug-likeness (QED) is 0.325. The number of imidazole rings is 1. The van der Waals surface area contributed by atoms with Crippen LogP contribution in [0.5, 0.6) is 0 Å². The third kappa shape index (κ3) is 5.20. The van der Waals surface area contributed by atoms with E-state index in [1.807, 2.05) is 47.2 Å². The number of rotatable bonds is 7. The normalized spacial score (nSPS) is 10.6. The number of hydrogen-bond acceptors (Lipinski definition) is 4. The van der Waals surface area contributed by atoms with E-state index in [0.29, 0.717) is 16.9 Å². The molecule has 2 N–H and O–H groups in total. The third-order valence-electron chi connectivity index (χ3n) is 5.51. The van der Waals surface area contributed by atoms with Gasteiger partial charge in [0.1, 0.15) is 0 Å². The molecule has 0 saturated heterocycles. The largest absolute Gasteiger partial charge is 0.459 e. The van der Waals surface area contributed by atoms with E-state index in [4.69, 9.17) is 4.42 Å². The van der Waals surface area contributed by atoms with E-state index in [2.05, 4.69) is 27.8 Å². The standard InChI is InChI=1S/C28H22N4O3/c33-27(30-22-11-13-23(14-12-22)31-28(34)26-6-3-17-35-26)25-5-2-1-4-24(25)21-9-7-20(8-10-21)18-32-16-15-29-19-32/h1-17,19H,18H2,(H,30,33)(H,31,34). The first kappa shape index (κ1) is 21.9. The molecule has 0 radical (unpaired) electrons. The van der Waals surface area contributed by atoms with Gasteiger partial charge in [-0.05, 0) is 59.2 Å². The van der Waals surface area contributed by atoms with Crippen LogP contribution in [-0.2, 0) is 6.54 Å². The highest BCUT2D eigenvalue weighted by Crippen LogP contribution is 2.25. The van der Waals surface area contributed by atoms with Crippen LogP contribution in [-0.4, -0.2) is 21.4 Å². The molecule has 0 aliphatic rings. The van der Waals surface area contributed by atoms with Crippen molar-refractivity contribution in [3.8, 4) is 11.1 Å². The number of nitrogens with one attached hydrogen (secondary N) is 2. The first-order valence-corrected chi connectivity index (χ1v) is 11.1. The van der Waals surface area contributed by atoms with Crippen molar-refractivity contribution in [2.45, 2.75) is 6.54 Å². The Labute approximate surface area is 202 Å². The Kier molecular flexibility index (Phi) is 6.21. The van der Waals surface area contributed by atoms with Crippen molar-refractivity contribution < 1.29 is 14.0 Å². The van der Waals surface area contributed by atoms with Gasteiger partial charge >= 0.3 is 0 Å². The van der Waals surface area contributed by atoms with Crippen molar-refractivity contribution in [3.63, 3.8) is 0 Å². The summed E-state index contributed by atoms with van der Waals surface area (Å²) in [6, 6.07) is 25.8. The Morgan fingerprint density at radius 2 is 1.51 bits per heavy atom. The fourth-order valence-electron chi connectivity index (χ4n) is 3.75. The maximum absolute atomic E-state index is 13.1. The van der Waals surface area contributed by atoms with Gasteiger partial charge in [0.2, 0.25) is 0 Å². The van der Waals surface area contributed by atoms with Gasteiger partial charge < -0.3 is 19.6 Å². The van der Waals surface area contributed by atoms with Crippen molar-refractivity contribution in [3.05, 3.63) is 127 Å². The van der Waals surface area contributed by atoms with Crippen LogP contribution in [0.3, 0.4) is 0 Å². The van der Waals surface area contributed by atoms with E-state index in [1.165, 1.54) is 6.26 Å². The Morgan fingerprint density at radius 3 is 2.17 bits per heavy atom. The number of amides is 2. The van der Waals surface area contributed by atoms with Gasteiger partial charge in [-0.15, -0.1) is 0 Å². The lowest BCUT2D eigenvalue weighted by Crippen LogP contribution is -2.13. The van der Waals surface area contributed by atoms with E-state index in [0.717, 1.165) is 23.2 Å². The Hall–Kier alpha value is -4.91. The lowest BCUT2D eigenvalue weighted by Gasteiger charge is -2.12. The number of carbonyl (C=O) groups is 2. The smallest absolute Gasteiger partial charge is 0.291 e. The van der Waals surface area contributed by atoms with E-state index in [1.54, 1.807) is 48.9 Å². The molecule has 7 heteroatoms. The zero-order valence-corrected chi connectivity index (χ0v) is 18.7. The number of benzene rings is 3. The van der Waals surface area contributed by atoms with Crippen molar-refractivity contribution in [2.75, 3.05) is 10.6 Å². The molecule has 35 heavy (non-hydrogen) atoms. The first-order chi connectivity index (χ1) is 17.2. The van der Waals surface area contributed by atoms with Crippen molar-refractivity contribution in [1.29, 1.82) is 0 Å². The molecule has 5 rings (SSSR count). The SMILES string of the molecule is O=C(Nc1ccc(NC(=O)c2ccccc2-c2ccc(Cn3ccnc3)cc2)cc1)c1ccco1. The molecule has 0 saturated carbocycles. The Balaban J connectivity index is 1.28. The molecule has 0 spiro atoms. The number of nitrogens with zero attached hydrogens (tertiary/aromatic N) is 2. The van der Waals surface area contributed by atoms with Crippen LogP contribution < -0.4 is 10.6 Å². The summed E-state index contributed by atoms with van der Waals surface area (Å²) in [6.07, 6.45) is 6.91. The molecule has 172 valence electrons. The molecule has 0 atom stereocenters. The Bertz CT molecular complexity index is 1420. The fraction of sp³-hybridized carbons (Fsp3) is 0.0357. The summed E-state index contributed by atoms with van der Waals surface area (Å²) in [5.74, 6) is -0.319. The number of anilines is 2. The second-order valence-electron chi connectivity index (χ2n) is 7.94. The summed E-state index contributed by atoms with van der Waals surface area (Å²) < 4.78 is 7.10. The highest BCUT2D eigenvalue weighted by molar-refractivity contribution is 6.09. The van der Waals surface area contributed by atoms with Crippen LogP contribution in [0.2, 0.25) is 0 Å². The van der Waals surface area contributed by atoms with Crippen LogP contribution in [0.1, 0.15) is 26.5 Å². The van der Waals surface area contributed by atoms with Crippen molar-refractivity contribution >= 4 is 23.2 Å². The lowest BCUT2D eigenvalue weighted by atomic mass is 9.98. The summed E-state index contributed by atoms with van der Waals surface area (Å²) >= 11 is 0. The molecule has 2 amide bonds. The maximum Gasteiger partial charge on any atom is 0.291 e. The number of hydrogen-bond donors (Lipinski definition) is 2. The molecule has 5 aromatic rings. The van der Waals surface area contributed by atoms with Gasteiger partial charge in [-0.25, -0.2) is 4.98 Å². The molecule has 0 bridgehead atoms. The molecule has 0 fully saturated rings. The van der Waals surface area contributed by atoms with Crippen LogP contribution in [0.15, 0.2) is 114 Å². The van der Waals surface area contributed by atoms with E-state index in [9.17, 15) is 9.59 Å². The molecule has 2 heterocycles. The molecule has 7 nitrogen and oxygen atoms in total. The second-order valence-corrected chi connectivity index (χ2v) is 7.94. The summed E-state index contributed by atoms with van der Waals surface area (Å²) in [7, 11) is 0. The van der Waals surface area contributed by atoms with Crippen LogP contribution in [0, 0.1) is 0 Å². The van der Waals surface area contributed by atoms with Crippen LogP contribution in [0.25, 0.3) is 11.1 Å². The Morgan fingerprint density at radius 1 is 0.800 bits per heavy atom. The summed E-state index contributed by atoms with van der Waals surface area (Å²) in [5.41, 5.74) is 4.75. The summed E-state index contributed by atoms with van der Waals surface area (Å²) in [5, 5.41) is 5.69. The fourth-order valence-corrected chi connectivity index (χ4v) is 3.75. The lowest BCUT2D eigenvalue weighted by molar-refractivity contribution is 0.0994. The van der Waals surface area contributed by atoms with Gasteiger partial charge in [0.25, 0.3) is 11.8 Å². The first-order valence-electron chi connectivity index (χ1n) is 11.1. The highest BCUT2D eigenvalue weighted by Gasteiger charge is 2.13. The zero-order chi connectivity index (χ0) is 24.0. The second kappa shape index (κ2) is 9.93. The van der Waals surface area contributed by atoms with E-state index < -0.39 is 0 Å². The molecule has 3 aromatic carbocycles. The predicted octanol–water partition coefficient (Wildman–Crippen LogP) is 5.70. The summed E-state index contributed by atoms with van der Waals surface area (Å²) in [4.78, 5) is 29.3. The van der Waals surface area contributed by atoms with Gasteiger partial charge in [0.05, 0.1) is 12.6 Å². The molecule has 0 aliphatic heterocycles. The van der Waals surface area contributed by atoms with Crippen LogP contribution >= 0.6 is 0 Å². The molecule has 0 unspecified atom stereocenters. The number of aromatic nitrogens is 2. The summed E-state index contributed by atoms with van der Waals surface area (Å²) in [6.45, 7) is 0.736. The number of furan rings is 1. The number of carbonyl (C=O) groups excluding carboxylic acids is 2. The molecule has 0 aliphatic carbocycles. The van der Waals surface area contributed by atoms with Gasteiger partial charge in [0.15, 0.2) is 5.76 Å². The van der Waals surface area contributed by atoms with Crippen LogP contribution in [0.4, 0.5) is 11.4 Å². The minimum atomic E-state index is -0.336. The highest BCUT2D eigenvalue weighted by atomic mass is 16.3. The monoisotopic (exact) mass is 462 g/mol. The average molecular weight is 463 g/mol. The minimum absolute atomic E-state index is 0.213. The van der Waals surface area contributed by atoms with Gasteiger partial charge in [0, 0.05) is 35.9 Å². The molecular weight excluding hydrogens is 440 g/mol. The van der Waals surface area contributed by atoms with Crippen molar-refractivity contribution in [2.24, 2.45) is 0 Å². The third-order valence-corrected chi connectivity index (χ3v) is 5.51.